The van der Waals surface area contributed by atoms with E-state index < -0.39 is 0 Å². The molecule has 1 saturated heterocycles. The summed E-state index contributed by atoms with van der Waals surface area (Å²) < 4.78 is 5.63. The Balaban J connectivity index is 1.93. The van der Waals surface area contributed by atoms with Gasteiger partial charge in [-0.15, -0.1) is 11.8 Å². The lowest BCUT2D eigenvalue weighted by Gasteiger charge is -2.35. The number of morpholine rings is 1. The molecule has 1 aliphatic rings. The van der Waals surface area contributed by atoms with E-state index in [4.69, 9.17) is 22.1 Å². The van der Waals surface area contributed by atoms with E-state index in [0.29, 0.717) is 29.6 Å². The van der Waals surface area contributed by atoms with Gasteiger partial charge in [-0.1, -0.05) is 11.6 Å². The molecular weight excluding hydrogens is 296 g/mol. The number of rotatable bonds is 3. The van der Waals surface area contributed by atoms with Gasteiger partial charge in [0.05, 0.1) is 18.0 Å². The molecular formula is C14H19ClN2O2S. The number of ether oxygens (including phenoxy) is 1. The van der Waals surface area contributed by atoms with E-state index in [-0.39, 0.29) is 18.1 Å². The lowest BCUT2D eigenvalue weighted by Crippen LogP contribution is -2.48. The number of thioether (sulfide) groups is 1. The predicted octanol–water partition coefficient (Wildman–Crippen LogP) is 2.65. The number of nitrogens with zero attached hydrogens (tertiary/aromatic N) is 1. The Bertz CT molecular complexity index is 488. The van der Waals surface area contributed by atoms with Crippen molar-refractivity contribution in [3.63, 3.8) is 0 Å². The van der Waals surface area contributed by atoms with Crippen molar-refractivity contribution < 1.29 is 9.53 Å². The zero-order chi connectivity index (χ0) is 14.7. The van der Waals surface area contributed by atoms with Crippen LogP contribution >= 0.6 is 23.4 Å². The van der Waals surface area contributed by atoms with E-state index in [1.807, 2.05) is 18.7 Å². The fraction of sp³-hybridized carbons (Fsp3) is 0.500. The number of halogens is 1. The van der Waals surface area contributed by atoms with Gasteiger partial charge in [0.15, 0.2) is 0 Å². The van der Waals surface area contributed by atoms with E-state index in [1.54, 1.807) is 18.2 Å². The van der Waals surface area contributed by atoms with Crippen LogP contribution in [0.15, 0.2) is 23.1 Å². The average molecular weight is 315 g/mol. The number of carbonyl (C=O) groups is 1. The molecule has 1 aromatic rings. The molecule has 1 fully saturated rings. The normalized spacial score (nSPS) is 22.9. The summed E-state index contributed by atoms with van der Waals surface area (Å²) in [6.07, 6.45) is 0.174. The van der Waals surface area contributed by atoms with Gasteiger partial charge in [-0.3, -0.25) is 4.79 Å². The first-order chi connectivity index (χ1) is 9.45. The van der Waals surface area contributed by atoms with Crippen LogP contribution < -0.4 is 5.73 Å². The molecule has 6 heteroatoms. The molecule has 110 valence electrons. The summed E-state index contributed by atoms with van der Waals surface area (Å²) in [7, 11) is 0. The van der Waals surface area contributed by atoms with Crippen LogP contribution in [-0.4, -0.2) is 41.9 Å². The van der Waals surface area contributed by atoms with Gasteiger partial charge in [0.2, 0.25) is 5.91 Å². The van der Waals surface area contributed by atoms with Gasteiger partial charge < -0.3 is 15.4 Å². The summed E-state index contributed by atoms with van der Waals surface area (Å²) in [4.78, 5) is 14.9. The summed E-state index contributed by atoms with van der Waals surface area (Å²) in [6, 6.07) is 5.29. The van der Waals surface area contributed by atoms with Gasteiger partial charge >= 0.3 is 0 Å². The number of nitrogens with two attached hydrogens (primary N) is 1. The third-order valence-corrected chi connectivity index (χ3v) is 4.39. The standard InChI is InChI=1S/C14H19ClN2O2S/c1-9-6-17(7-10(2)19-9)14(18)8-20-13-5-11(15)3-4-12(13)16/h3-5,9-10H,6-8,16H2,1-2H3. The number of benzene rings is 1. The average Bonchev–Trinajstić information content (AvgIpc) is 2.38. The van der Waals surface area contributed by atoms with Gasteiger partial charge in [-0.2, -0.15) is 0 Å². The number of amides is 1. The molecule has 0 radical (unpaired) electrons. The number of carbonyl (C=O) groups excluding carboxylic acids is 1. The molecule has 0 bridgehead atoms. The van der Waals surface area contributed by atoms with E-state index in [9.17, 15) is 4.79 Å². The van der Waals surface area contributed by atoms with Crippen LogP contribution in [0, 0.1) is 0 Å². The summed E-state index contributed by atoms with van der Waals surface area (Å²) >= 11 is 7.36. The van der Waals surface area contributed by atoms with E-state index in [1.165, 1.54) is 11.8 Å². The third-order valence-electron chi connectivity index (χ3n) is 3.10. The highest BCUT2D eigenvalue weighted by Crippen LogP contribution is 2.28. The molecule has 0 saturated carbocycles. The van der Waals surface area contributed by atoms with Gasteiger partial charge in [-0.05, 0) is 32.0 Å². The minimum Gasteiger partial charge on any atom is -0.398 e. The van der Waals surface area contributed by atoms with Crippen LogP contribution in [0.2, 0.25) is 5.02 Å². The fourth-order valence-corrected chi connectivity index (χ4v) is 3.39. The van der Waals surface area contributed by atoms with Crippen molar-refractivity contribution in [3.05, 3.63) is 23.2 Å². The van der Waals surface area contributed by atoms with Crippen molar-refractivity contribution in [3.8, 4) is 0 Å². The van der Waals surface area contributed by atoms with Gasteiger partial charge in [-0.25, -0.2) is 0 Å². The highest BCUT2D eigenvalue weighted by molar-refractivity contribution is 8.00. The van der Waals surface area contributed by atoms with E-state index >= 15 is 0 Å². The Labute approximate surface area is 128 Å². The molecule has 0 aliphatic carbocycles. The first kappa shape index (κ1) is 15.5. The quantitative estimate of drug-likeness (QED) is 0.688. The Morgan fingerprint density at radius 3 is 2.75 bits per heavy atom. The molecule has 1 aliphatic heterocycles. The molecule has 2 N–H and O–H groups in total. The maximum atomic E-state index is 12.2. The van der Waals surface area contributed by atoms with Crippen molar-refractivity contribution in [2.75, 3.05) is 24.6 Å². The molecule has 2 rings (SSSR count). The monoisotopic (exact) mass is 314 g/mol. The van der Waals surface area contributed by atoms with Crippen molar-refractivity contribution in [1.82, 2.24) is 4.90 Å². The second-order valence-corrected chi connectivity index (χ2v) is 6.48. The highest BCUT2D eigenvalue weighted by Gasteiger charge is 2.25. The van der Waals surface area contributed by atoms with Crippen molar-refractivity contribution in [2.45, 2.75) is 31.0 Å². The molecule has 4 nitrogen and oxygen atoms in total. The second kappa shape index (κ2) is 6.70. The largest absolute Gasteiger partial charge is 0.398 e. The molecule has 2 unspecified atom stereocenters. The Hall–Kier alpha value is -0.910. The van der Waals surface area contributed by atoms with Crippen LogP contribution in [0.1, 0.15) is 13.8 Å². The number of hydrogen-bond acceptors (Lipinski definition) is 4. The van der Waals surface area contributed by atoms with E-state index in [0.717, 1.165) is 4.90 Å². The zero-order valence-electron chi connectivity index (χ0n) is 11.6. The first-order valence-electron chi connectivity index (χ1n) is 6.56. The summed E-state index contributed by atoms with van der Waals surface area (Å²) in [6.45, 7) is 5.26. The molecule has 1 amide bonds. The highest BCUT2D eigenvalue weighted by atomic mass is 35.5. The molecule has 0 aromatic heterocycles. The minimum atomic E-state index is 0.0870. The van der Waals surface area contributed by atoms with Crippen molar-refractivity contribution in [2.24, 2.45) is 0 Å². The third kappa shape index (κ3) is 4.04. The van der Waals surface area contributed by atoms with E-state index in [2.05, 4.69) is 0 Å². The predicted molar refractivity (Wildman–Crippen MR) is 83.2 cm³/mol. The number of hydrogen-bond donors (Lipinski definition) is 1. The van der Waals surface area contributed by atoms with Gasteiger partial charge in [0, 0.05) is 28.7 Å². The van der Waals surface area contributed by atoms with Crippen LogP contribution in [0.4, 0.5) is 5.69 Å². The summed E-state index contributed by atoms with van der Waals surface area (Å²) in [5, 5.41) is 0.628. The topological polar surface area (TPSA) is 55.6 Å². The second-order valence-electron chi connectivity index (χ2n) is 5.03. The van der Waals surface area contributed by atoms with Gasteiger partial charge in [0.1, 0.15) is 0 Å². The fourth-order valence-electron chi connectivity index (χ4n) is 2.25. The van der Waals surface area contributed by atoms with Gasteiger partial charge in [0.25, 0.3) is 0 Å². The first-order valence-corrected chi connectivity index (χ1v) is 7.93. The van der Waals surface area contributed by atoms with Crippen LogP contribution in [-0.2, 0) is 9.53 Å². The number of nitrogen functional groups attached to an aromatic ring is 1. The maximum Gasteiger partial charge on any atom is 0.233 e. The minimum absolute atomic E-state index is 0.0870. The molecule has 2 atom stereocenters. The Morgan fingerprint density at radius 2 is 2.10 bits per heavy atom. The van der Waals surface area contributed by atoms with Crippen LogP contribution in [0.25, 0.3) is 0 Å². The molecule has 0 spiro atoms. The SMILES string of the molecule is CC1CN(C(=O)CSc2cc(Cl)ccc2N)CC(C)O1. The number of anilines is 1. The molecule has 1 aromatic carbocycles. The zero-order valence-corrected chi connectivity index (χ0v) is 13.2. The maximum absolute atomic E-state index is 12.2. The molecule has 20 heavy (non-hydrogen) atoms. The summed E-state index contributed by atoms with van der Waals surface area (Å²) in [5.74, 6) is 0.473. The summed E-state index contributed by atoms with van der Waals surface area (Å²) in [5.41, 5.74) is 6.52. The Morgan fingerprint density at radius 1 is 1.45 bits per heavy atom. The Kier molecular flexibility index (Phi) is 5.18. The lowest BCUT2D eigenvalue weighted by atomic mass is 10.2. The molecule has 1 heterocycles. The van der Waals surface area contributed by atoms with Crippen LogP contribution in [0.3, 0.4) is 0 Å². The van der Waals surface area contributed by atoms with Crippen LogP contribution in [0.5, 0.6) is 0 Å². The van der Waals surface area contributed by atoms with Crippen molar-refractivity contribution in [1.29, 1.82) is 0 Å². The lowest BCUT2D eigenvalue weighted by molar-refractivity contribution is -0.140. The smallest absolute Gasteiger partial charge is 0.233 e. The van der Waals surface area contributed by atoms with Crippen molar-refractivity contribution >= 4 is 35.0 Å².